The molecule has 0 aliphatic carbocycles. The Bertz CT molecular complexity index is 1140. The minimum atomic E-state index is -0.248. The lowest BCUT2D eigenvalue weighted by atomic mass is 9.89. The molecule has 0 spiro atoms. The Morgan fingerprint density at radius 3 is 2.48 bits per heavy atom. The molecule has 3 aromatic rings. The molecule has 1 atom stereocenters. The molecule has 0 saturated carbocycles. The van der Waals surface area contributed by atoms with Gasteiger partial charge in [-0.15, -0.1) is 0 Å². The number of carbonyl (C=O) groups excluding carboxylic acids is 3. The van der Waals surface area contributed by atoms with E-state index in [-0.39, 0.29) is 30.1 Å². The Morgan fingerprint density at radius 1 is 0.909 bits per heavy atom. The first-order valence-corrected chi connectivity index (χ1v) is 11.2. The van der Waals surface area contributed by atoms with Crippen molar-refractivity contribution < 1.29 is 14.4 Å². The summed E-state index contributed by atoms with van der Waals surface area (Å²) in [5.41, 5.74) is 3.96. The Balaban J connectivity index is 1.30. The van der Waals surface area contributed by atoms with Crippen molar-refractivity contribution in [3.8, 4) is 0 Å². The van der Waals surface area contributed by atoms with E-state index < -0.39 is 0 Å². The quantitative estimate of drug-likeness (QED) is 0.490. The van der Waals surface area contributed by atoms with Crippen molar-refractivity contribution in [2.75, 3.05) is 17.2 Å². The number of rotatable bonds is 8. The third-order valence-corrected chi connectivity index (χ3v) is 5.82. The molecule has 0 radical (unpaired) electrons. The minimum absolute atomic E-state index is 0.0558. The Kier molecular flexibility index (Phi) is 7.15. The van der Waals surface area contributed by atoms with Gasteiger partial charge in [0, 0.05) is 24.6 Å². The number of nitrogens with one attached hydrogen (secondary N) is 3. The van der Waals surface area contributed by atoms with Crippen LogP contribution in [0.15, 0.2) is 78.9 Å². The van der Waals surface area contributed by atoms with Crippen molar-refractivity contribution in [1.29, 1.82) is 0 Å². The van der Waals surface area contributed by atoms with Crippen molar-refractivity contribution in [2.45, 2.75) is 25.7 Å². The summed E-state index contributed by atoms with van der Waals surface area (Å²) in [7, 11) is 0. The zero-order valence-electron chi connectivity index (χ0n) is 18.3. The van der Waals surface area contributed by atoms with Gasteiger partial charge in [0.1, 0.15) is 0 Å². The molecule has 1 heterocycles. The fourth-order valence-electron chi connectivity index (χ4n) is 4.01. The molecule has 168 valence electrons. The molecule has 1 aliphatic rings. The molecule has 6 nitrogen and oxygen atoms in total. The standard InChI is InChI=1S/C27H27N3O3/c31-25(15-14-21-18-20-10-4-6-12-23(20)30-26(21)32)29-24-13-7-5-11-22(24)27(33)28-17-16-19-8-2-1-3-9-19/h1-13,21H,14-18H2,(H,28,33)(H,29,31)(H,30,32). The number of hydrogen-bond donors (Lipinski definition) is 3. The van der Waals surface area contributed by atoms with Gasteiger partial charge in [0.05, 0.1) is 11.3 Å². The van der Waals surface area contributed by atoms with E-state index in [2.05, 4.69) is 16.0 Å². The summed E-state index contributed by atoms with van der Waals surface area (Å²) in [6.45, 7) is 0.503. The molecular weight excluding hydrogens is 414 g/mol. The second-order valence-corrected chi connectivity index (χ2v) is 8.17. The SMILES string of the molecule is O=C(CCC1Cc2ccccc2NC1=O)Nc1ccccc1C(=O)NCCc1ccccc1. The van der Waals surface area contributed by atoms with Crippen LogP contribution in [-0.2, 0) is 22.4 Å². The Labute approximate surface area is 193 Å². The van der Waals surface area contributed by atoms with Crippen molar-refractivity contribution in [3.05, 3.63) is 95.6 Å². The van der Waals surface area contributed by atoms with Crippen LogP contribution < -0.4 is 16.0 Å². The lowest BCUT2D eigenvalue weighted by Crippen LogP contribution is -2.31. The summed E-state index contributed by atoms with van der Waals surface area (Å²) in [4.78, 5) is 37.7. The highest BCUT2D eigenvalue weighted by Crippen LogP contribution is 2.27. The molecule has 6 heteroatoms. The van der Waals surface area contributed by atoms with Crippen LogP contribution in [0.3, 0.4) is 0 Å². The van der Waals surface area contributed by atoms with Crippen LogP contribution in [0.5, 0.6) is 0 Å². The normalized spacial score (nSPS) is 14.7. The van der Waals surface area contributed by atoms with E-state index in [0.717, 1.165) is 23.2 Å². The molecule has 4 rings (SSSR count). The highest BCUT2D eigenvalue weighted by atomic mass is 16.2. The van der Waals surface area contributed by atoms with Crippen molar-refractivity contribution in [3.63, 3.8) is 0 Å². The number of carbonyl (C=O) groups is 3. The van der Waals surface area contributed by atoms with E-state index in [4.69, 9.17) is 0 Å². The average molecular weight is 442 g/mol. The van der Waals surface area contributed by atoms with Crippen LogP contribution in [0.25, 0.3) is 0 Å². The molecule has 0 saturated heterocycles. The number of fused-ring (bicyclic) bond motifs is 1. The Hall–Kier alpha value is -3.93. The number of anilines is 2. The zero-order valence-corrected chi connectivity index (χ0v) is 18.3. The van der Waals surface area contributed by atoms with Crippen LogP contribution in [0.2, 0.25) is 0 Å². The predicted octanol–water partition coefficient (Wildman–Crippen LogP) is 4.19. The van der Waals surface area contributed by atoms with E-state index in [9.17, 15) is 14.4 Å². The molecule has 0 fully saturated rings. The molecule has 3 amide bonds. The molecule has 1 aliphatic heterocycles. The largest absolute Gasteiger partial charge is 0.352 e. The average Bonchev–Trinajstić information content (AvgIpc) is 2.83. The van der Waals surface area contributed by atoms with Crippen LogP contribution in [0, 0.1) is 5.92 Å². The third kappa shape index (κ3) is 5.86. The molecular formula is C27H27N3O3. The second kappa shape index (κ2) is 10.6. The first-order chi connectivity index (χ1) is 16.1. The first-order valence-electron chi connectivity index (χ1n) is 11.2. The fraction of sp³-hybridized carbons (Fsp3) is 0.222. The molecule has 1 unspecified atom stereocenters. The second-order valence-electron chi connectivity index (χ2n) is 8.17. The van der Waals surface area contributed by atoms with Gasteiger partial charge < -0.3 is 16.0 Å². The molecule has 33 heavy (non-hydrogen) atoms. The maximum atomic E-state index is 12.7. The maximum Gasteiger partial charge on any atom is 0.253 e. The summed E-state index contributed by atoms with van der Waals surface area (Å²) in [6.07, 6.45) is 1.99. The van der Waals surface area contributed by atoms with Crippen LogP contribution in [0.1, 0.15) is 34.3 Å². The molecule has 0 aromatic heterocycles. The monoisotopic (exact) mass is 441 g/mol. The topological polar surface area (TPSA) is 87.3 Å². The van der Waals surface area contributed by atoms with E-state index in [1.165, 1.54) is 0 Å². The lowest BCUT2D eigenvalue weighted by Gasteiger charge is -2.24. The van der Waals surface area contributed by atoms with Gasteiger partial charge in [-0.3, -0.25) is 14.4 Å². The highest BCUT2D eigenvalue weighted by molar-refractivity contribution is 6.04. The van der Waals surface area contributed by atoms with Gasteiger partial charge in [-0.25, -0.2) is 0 Å². The van der Waals surface area contributed by atoms with Crippen molar-refractivity contribution in [2.24, 2.45) is 5.92 Å². The van der Waals surface area contributed by atoms with E-state index in [1.807, 2.05) is 54.6 Å². The molecule has 3 aromatic carbocycles. The van der Waals surface area contributed by atoms with Crippen LogP contribution in [-0.4, -0.2) is 24.3 Å². The summed E-state index contributed by atoms with van der Waals surface area (Å²) in [5.74, 6) is -0.752. The van der Waals surface area contributed by atoms with Gasteiger partial charge in [-0.1, -0.05) is 60.7 Å². The summed E-state index contributed by atoms with van der Waals surface area (Å²) in [5, 5.41) is 8.67. The molecule has 3 N–H and O–H groups in total. The molecule has 0 bridgehead atoms. The van der Waals surface area contributed by atoms with Crippen molar-refractivity contribution >= 4 is 29.1 Å². The predicted molar refractivity (Wildman–Crippen MR) is 129 cm³/mol. The fourth-order valence-corrected chi connectivity index (χ4v) is 4.01. The van der Waals surface area contributed by atoms with Gasteiger partial charge in [0.2, 0.25) is 11.8 Å². The van der Waals surface area contributed by atoms with Crippen molar-refractivity contribution in [1.82, 2.24) is 5.32 Å². The van der Waals surface area contributed by atoms with Gasteiger partial charge in [-0.2, -0.15) is 0 Å². The van der Waals surface area contributed by atoms with E-state index in [0.29, 0.717) is 30.6 Å². The number of hydrogen-bond acceptors (Lipinski definition) is 3. The minimum Gasteiger partial charge on any atom is -0.352 e. The highest BCUT2D eigenvalue weighted by Gasteiger charge is 2.26. The summed E-state index contributed by atoms with van der Waals surface area (Å²) >= 11 is 0. The zero-order chi connectivity index (χ0) is 23.0. The number of para-hydroxylation sites is 2. The van der Waals surface area contributed by atoms with Gasteiger partial charge in [0.15, 0.2) is 0 Å². The van der Waals surface area contributed by atoms with Gasteiger partial charge >= 0.3 is 0 Å². The first kappa shape index (κ1) is 22.3. The Morgan fingerprint density at radius 2 is 1.64 bits per heavy atom. The smallest absolute Gasteiger partial charge is 0.253 e. The van der Waals surface area contributed by atoms with Gasteiger partial charge in [-0.05, 0) is 48.6 Å². The third-order valence-electron chi connectivity index (χ3n) is 5.82. The summed E-state index contributed by atoms with van der Waals surface area (Å²) in [6, 6.07) is 24.6. The maximum absolute atomic E-state index is 12.7. The van der Waals surface area contributed by atoms with Crippen LogP contribution in [0.4, 0.5) is 11.4 Å². The number of amides is 3. The van der Waals surface area contributed by atoms with Crippen LogP contribution >= 0.6 is 0 Å². The van der Waals surface area contributed by atoms with Gasteiger partial charge in [0.25, 0.3) is 5.91 Å². The lowest BCUT2D eigenvalue weighted by molar-refractivity contribution is -0.121. The van der Waals surface area contributed by atoms with E-state index >= 15 is 0 Å². The number of benzene rings is 3. The summed E-state index contributed by atoms with van der Waals surface area (Å²) < 4.78 is 0. The van der Waals surface area contributed by atoms with E-state index in [1.54, 1.807) is 24.3 Å².